The normalized spacial score (nSPS) is 22.5. The maximum absolute atomic E-state index is 13.0. The van der Waals surface area contributed by atoms with Gasteiger partial charge < -0.3 is 9.80 Å². The second-order valence-electron chi connectivity index (χ2n) is 7.14. The Kier molecular flexibility index (Phi) is 6.03. The van der Waals surface area contributed by atoms with Gasteiger partial charge in [-0.15, -0.1) is 0 Å². The highest BCUT2D eigenvalue weighted by Gasteiger charge is 2.20. The van der Waals surface area contributed by atoms with Crippen LogP contribution < -0.4 is 0 Å². The number of benzene rings is 1. The molecule has 3 rings (SSSR count). The fourth-order valence-electron chi connectivity index (χ4n) is 3.77. The molecule has 2 fully saturated rings. The third-order valence-electron chi connectivity index (χ3n) is 5.37. The lowest BCUT2D eigenvalue weighted by molar-refractivity contribution is 0.118. The summed E-state index contributed by atoms with van der Waals surface area (Å²) in [6.07, 6.45) is 2.77. The summed E-state index contributed by atoms with van der Waals surface area (Å²) in [5.41, 5.74) is 1.24. The summed E-state index contributed by atoms with van der Waals surface area (Å²) in [7, 11) is 0. The molecule has 0 N–H and O–H groups in total. The van der Waals surface area contributed by atoms with Crippen LogP contribution in [-0.4, -0.2) is 73.6 Å². The summed E-state index contributed by atoms with van der Waals surface area (Å²) in [4.78, 5) is 7.76. The van der Waals surface area contributed by atoms with Crippen LogP contribution >= 0.6 is 0 Å². The molecule has 0 radical (unpaired) electrons. The molecule has 0 unspecified atom stereocenters. The van der Waals surface area contributed by atoms with Crippen molar-refractivity contribution in [2.75, 3.05) is 58.9 Å². The second kappa shape index (κ2) is 8.22. The largest absolute Gasteiger partial charge is 0.302 e. The number of rotatable bonds is 6. The fraction of sp³-hybridized carbons (Fsp3) is 0.684. The fourth-order valence-corrected chi connectivity index (χ4v) is 3.77. The van der Waals surface area contributed by atoms with E-state index in [1.807, 2.05) is 12.1 Å². The first-order chi connectivity index (χ1) is 11.2. The van der Waals surface area contributed by atoms with Gasteiger partial charge in [0.25, 0.3) is 0 Å². The number of hydrogen-bond donors (Lipinski definition) is 0. The maximum atomic E-state index is 13.0. The number of piperazine rings is 1. The molecule has 2 heterocycles. The molecule has 1 aromatic rings. The van der Waals surface area contributed by atoms with Crippen molar-refractivity contribution in [1.29, 1.82) is 0 Å². The Labute approximate surface area is 140 Å². The number of hydrogen-bond acceptors (Lipinski definition) is 3. The molecular formula is C19H30FN3. The van der Waals surface area contributed by atoms with Crippen LogP contribution in [0, 0.1) is 5.82 Å². The van der Waals surface area contributed by atoms with Gasteiger partial charge in [0.1, 0.15) is 5.82 Å². The Bertz CT molecular complexity index is 462. The minimum atomic E-state index is -0.146. The van der Waals surface area contributed by atoms with Crippen molar-refractivity contribution in [1.82, 2.24) is 14.7 Å². The van der Waals surface area contributed by atoms with E-state index in [2.05, 4.69) is 21.6 Å². The summed E-state index contributed by atoms with van der Waals surface area (Å²) in [6, 6.07) is 6.99. The van der Waals surface area contributed by atoms with E-state index in [1.54, 1.807) is 12.1 Å². The topological polar surface area (TPSA) is 9.72 Å². The van der Waals surface area contributed by atoms with Crippen LogP contribution in [0.4, 0.5) is 4.39 Å². The van der Waals surface area contributed by atoms with Crippen LogP contribution in [0.15, 0.2) is 24.3 Å². The van der Waals surface area contributed by atoms with Gasteiger partial charge in [-0.05, 0) is 49.5 Å². The molecule has 4 heteroatoms. The van der Waals surface area contributed by atoms with E-state index in [0.29, 0.717) is 5.92 Å². The lowest BCUT2D eigenvalue weighted by atomic mass is 10.0. The summed E-state index contributed by atoms with van der Waals surface area (Å²) in [6.45, 7) is 13.1. The van der Waals surface area contributed by atoms with Gasteiger partial charge in [0.15, 0.2) is 0 Å². The van der Waals surface area contributed by atoms with Crippen molar-refractivity contribution in [3.05, 3.63) is 35.6 Å². The van der Waals surface area contributed by atoms with Gasteiger partial charge in [0.05, 0.1) is 0 Å². The van der Waals surface area contributed by atoms with E-state index in [-0.39, 0.29) is 5.82 Å². The zero-order chi connectivity index (χ0) is 16.1. The first-order valence-corrected chi connectivity index (χ1v) is 9.13. The maximum Gasteiger partial charge on any atom is 0.123 e. The lowest BCUT2D eigenvalue weighted by Gasteiger charge is -2.36. The molecule has 0 aromatic heterocycles. The van der Waals surface area contributed by atoms with Crippen molar-refractivity contribution >= 4 is 0 Å². The van der Waals surface area contributed by atoms with Crippen molar-refractivity contribution in [3.63, 3.8) is 0 Å². The molecule has 2 aliphatic rings. The molecule has 2 aliphatic heterocycles. The Hall–Kier alpha value is -0.970. The summed E-state index contributed by atoms with van der Waals surface area (Å²) < 4.78 is 13.0. The predicted octanol–water partition coefficient (Wildman–Crippen LogP) is 2.64. The first-order valence-electron chi connectivity index (χ1n) is 9.13. The van der Waals surface area contributed by atoms with Crippen molar-refractivity contribution in [2.45, 2.75) is 25.7 Å². The minimum Gasteiger partial charge on any atom is -0.302 e. The molecule has 0 saturated carbocycles. The minimum absolute atomic E-state index is 0.146. The van der Waals surface area contributed by atoms with Gasteiger partial charge in [-0.2, -0.15) is 0 Å². The molecule has 0 spiro atoms. The SMILES string of the molecule is C[C@H](CN1CCN(CCN2CCCC2)CC1)c1ccc(F)cc1. The Morgan fingerprint density at radius 2 is 1.35 bits per heavy atom. The third kappa shape index (κ3) is 5.00. The molecule has 23 heavy (non-hydrogen) atoms. The van der Waals surface area contributed by atoms with E-state index in [4.69, 9.17) is 0 Å². The summed E-state index contributed by atoms with van der Waals surface area (Å²) >= 11 is 0. The lowest BCUT2D eigenvalue weighted by Crippen LogP contribution is -2.49. The van der Waals surface area contributed by atoms with E-state index in [1.165, 1.54) is 57.7 Å². The third-order valence-corrected chi connectivity index (χ3v) is 5.37. The standard InChI is InChI=1S/C19H30FN3/c1-17(18-4-6-19(20)7-5-18)16-23-14-12-22(13-15-23)11-10-21-8-2-3-9-21/h4-7,17H,2-3,8-16H2,1H3/t17-/m1/s1. The van der Waals surface area contributed by atoms with Crippen LogP contribution in [0.5, 0.6) is 0 Å². The Morgan fingerprint density at radius 3 is 1.96 bits per heavy atom. The molecule has 1 atom stereocenters. The molecular weight excluding hydrogens is 289 g/mol. The highest BCUT2D eigenvalue weighted by Crippen LogP contribution is 2.18. The quantitative estimate of drug-likeness (QED) is 0.798. The number of likely N-dealkylation sites (tertiary alicyclic amines) is 1. The molecule has 2 saturated heterocycles. The predicted molar refractivity (Wildman–Crippen MR) is 93.4 cm³/mol. The monoisotopic (exact) mass is 319 g/mol. The van der Waals surface area contributed by atoms with Gasteiger partial charge in [-0.3, -0.25) is 4.90 Å². The molecule has 0 amide bonds. The van der Waals surface area contributed by atoms with Crippen LogP contribution in [-0.2, 0) is 0 Å². The van der Waals surface area contributed by atoms with E-state index >= 15 is 0 Å². The Balaban J connectivity index is 1.37. The second-order valence-corrected chi connectivity index (χ2v) is 7.14. The van der Waals surface area contributed by atoms with Crippen molar-refractivity contribution in [3.8, 4) is 0 Å². The Morgan fingerprint density at radius 1 is 0.826 bits per heavy atom. The summed E-state index contributed by atoms with van der Waals surface area (Å²) in [5.74, 6) is 0.319. The zero-order valence-corrected chi connectivity index (χ0v) is 14.4. The van der Waals surface area contributed by atoms with Gasteiger partial charge in [0, 0.05) is 45.8 Å². The van der Waals surface area contributed by atoms with Crippen LogP contribution in [0.2, 0.25) is 0 Å². The molecule has 0 bridgehead atoms. The number of halogens is 1. The van der Waals surface area contributed by atoms with Gasteiger partial charge in [-0.1, -0.05) is 19.1 Å². The smallest absolute Gasteiger partial charge is 0.123 e. The summed E-state index contributed by atoms with van der Waals surface area (Å²) in [5, 5.41) is 0. The average molecular weight is 319 g/mol. The zero-order valence-electron chi connectivity index (χ0n) is 14.4. The van der Waals surface area contributed by atoms with Gasteiger partial charge >= 0.3 is 0 Å². The van der Waals surface area contributed by atoms with E-state index < -0.39 is 0 Å². The number of nitrogens with zero attached hydrogens (tertiary/aromatic N) is 3. The molecule has 3 nitrogen and oxygen atoms in total. The van der Waals surface area contributed by atoms with Crippen LogP contribution in [0.3, 0.4) is 0 Å². The van der Waals surface area contributed by atoms with Gasteiger partial charge in [0.2, 0.25) is 0 Å². The molecule has 1 aromatic carbocycles. The highest BCUT2D eigenvalue weighted by atomic mass is 19.1. The van der Waals surface area contributed by atoms with E-state index in [0.717, 1.165) is 19.6 Å². The van der Waals surface area contributed by atoms with E-state index in [9.17, 15) is 4.39 Å². The van der Waals surface area contributed by atoms with Crippen LogP contribution in [0.25, 0.3) is 0 Å². The van der Waals surface area contributed by atoms with Gasteiger partial charge in [-0.25, -0.2) is 4.39 Å². The van der Waals surface area contributed by atoms with Crippen molar-refractivity contribution < 1.29 is 4.39 Å². The van der Waals surface area contributed by atoms with Crippen LogP contribution in [0.1, 0.15) is 31.2 Å². The van der Waals surface area contributed by atoms with Crippen molar-refractivity contribution in [2.24, 2.45) is 0 Å². The first kappa shape index (κ1) is 16.9. The highest BCUT2D eigenvalue weighted by molar-refractivity contribution is 5.20. The molecule has 128 valence electrons. The average Bonchev–Trinajstić information content (AvgIpc) is 3.08. The molecule has 0 aliphatic carbocycles.